The standard InChI is InChI=1S/C5H11NO2.C3H9N.C2H4O2/c1-6(2,3)4-5(7)8;1-4(2)3;1-2(3)4/h4H2,1-3H3;1-3H3;1H3,(H,3,4). The van der Waals surface area contributed by atoms with Gasteiger partial charge in [-0.1, -0.05) is 0 Å². The average Bonchev–Trinajstić information content (AvgIpc) is 1.74. The fraction of sp³-hybridized carbons (Fsp3) is 0.800. The van der Waals surface area contributed by atoms with Crippen LogP contribution < -0.4 is 5.11 Å². The second-order valence-electron chi connectivity index (χ2n) is 4.68. The van der Waals surface area contributed by atoms with Gasteiger partial charge in [0.1, 0.15) is 6.54 Å². The van der Waals surface area contributed by atoms with Gasteiger partial charge in [0.15, 0.2) is 0 Å². The van der Waals surface area contributed by atoms with Crippen molar-refractivity contribution in [2.24, 2.45) is 0 Å². The number of carbonyl (C=O) groups is 2. The van der Waals surface area contributed by atoms with Crippen molar-refractivity contribution in [3.05, 3.63) is 0 Å². The number of hydrogen-bond donors (Lipinski definition) is 1. The van der Waals surface area contributed by atoms with Crippen LogP contribution in [-0.4, -0.2) is 75.3 Å². The molecule has 0 aliphatic heterocycles. The summed E-state index contributed by atoms with van der Waals surface area (Å²) in [5, 5.41) is 17.3. The lowest BCUT2D eigenvalue weighted by Gasteiger charge is -2.23. The van der Waals surface area contributed by atoms with Crippen LogP contribution in [0.1, 0.15) is 6.92 Å². The molecule has 0 bridgehead atoms. The summed E-state index contributed by atoms with van der Waals surface area (Å²) in [6.45, 7) is 1.15. The van der Waals surface area contributed by atoms with E-state index in [0.717, 1.165) is 6.92 Å². The van der Waals surface area contributed by atoms with Crippen LogP contribution in [0.3, 0.4) is 0 Å². The molecule has 0 aromatic heterocycles. The molecule has 0 heterocycles. The van der Waals surface area contributed by atoms with Crippen LogP contribution in [0.2, 0.25) is 0 Å². The number of aliphatic carboxylic acids is 2. The fourth-order valence-electron chi connectivity index (χ4n) is 0.387. The van der Waals surface area contributed by atoms with Crippen LogP contribution in [0.5, 0.6) is 0 Å². The van der Waals surface area contributed by atoms with Crippen molar-refractivity contribution in [2.75, 3.05) is 48.8 Å². The third-order valence-corrected chi connectivity index (χ3v) is 0.603. The Balaban J connectivity index is -0.000000179. The molecule has 6 nitrogen and oxygen atoms in total. The Morgan fingerprint density at radius 3 is 1.38 bits per heavy atom. The van der Waals surface area contributed by atoms with Crippen LogP contribution in [0, 0.1) is 0 Å². The Bertz CT molecular complexity index is 191. The van der Waals surface area contributed by atoms with E-state index < -0.39 is 11.9 Å². The van der Waals surface area contributed by atoms with Gasteiger partial charge in [-0.05, 0) is 21.1 Å². The monoisotopic (exact) mass is 236 g/mol. The number of carboxylic acids is 2. The maximum absolute atomic E-state index is 9.89. The van der Waals surface area contributed by atoms with Crippen molar-refractivity contribution in [1.29, 1.82) is 0 Å². The number of likely N-dealkylation sites (N-methyl/N-ethyl adjacent to an activating group) is 1. The molecule has 0 radical (unpaired) electrons. The molecule has 0 saturated heterocycles. The zero-order valence-electron chi connectivity index (χ0n) is 11.3. The van der Waals surface area contributed by atoms with Crippen molar-refractivity contribution in [2.45, 2.75) is 6.92 Å². The van der Waals surface area contributed by atoms with E-state index in [0.29, 0.717) is 4.48 Å². The van der Waals surface area contributed by atoms with Gasteiger partial charge in [0, 0.05) is 6.92 Å². The Morgan fingerprint density at radius 2 is 1.38 bits per heavy atom. The number of quaternary nitrogens is 1. The Kier molecular flexibility index (Phi) is 13.2. The second-order valence-corrected chi connectivity index (χ2v) is 4.68. The van der Waals surface area contributed by atoms with E-state index in [1.807, 2.05) is 26.0 Å². The molecule has 0 atom stereocenters. The molecular formula is C10H24N2O4. The molecule has 0 aromatic carbocycles. The number of carboxylic acid groups (broad SMARTS) is 2. The molecule has 98 valence electrons. The average molecular weight is 236 g/mol. The largest absolute Gasteiger partial charge is 0.544 e. The van der Waals surface area contributed by atoms with Crippen molar-refractivity contribution in [1.82, 2.24) is 4.90 Å². The number of hydrogen-bond acceptors (Lipinski definition) is 4. The van der Waals surface area contributed by atoms with Crippen LogP contribution in [0.4, 0.5) is 0 Å². The van der Waals surface area contributed by atoms with Crippen LogP contribution in [0.15, 0.2) is 0 Å². The van der Waals surface area contributed by atoms with Crippen LogP contribution >= 0.6 is 0 Å². The zero-order valence-corrected chi connectivity index (χ0v) is 11.3. The summed E-state index contributed by atoms with van der Waals surface area (Å²) in [4.78, 5) is 20.9. The summed E-state index contributed by atoms with van der Waals surface area (Å²) in [6.07, 6.45) is 0. The minimum atomic E-state index is -1.00. The summed E-state index contributed by atoms with van der Waals surface area (Å²) >= 11 is 0. The van der Waals surface area contributed by atoms with Crippen molar-refractivity contribution in [3.8, 4) is 0 Å². The third kappa shape index (κ3) is 121. The smallest absolute Gasteiger partial charge is 0.300 e. The van der Waals surface area contributed by atoms with E-state index >= 15 is 0 Å². The summed E-state index contributed by atoms with van der Waals surface area (Å²) in [7, 11) is 11.4. The summed E-state index contributed by atoms with van der Waals surface area (Å²) < 4.78 is 0.419. The van der Waals surface area contributed by atoms with Crippen molar-refractivity contribution in [3.63, 3.8) is 0 Å². The first-order valence-corrected chi connectivity index (χ1v) is 4.69. The minimum Gasteiger partial charge on any atom is -0.544 e. The predicted molar refractivity (Wildman–Crippen MR) is 60.8 cm³/mol. The van der Waals surface area contributed by atoms with Gasteiger partial charge in [-0.15, -0.1) is 0 Å². The van der Waals surface area contributed by atoms with E-state index in [9.17, 15) is 9.90 Å². The molecule has 0 aromatic rings. The molecule has 0 aliphatic rings. The summed E-state index contributed by atoms with van der Waals surface area (Å²) in [5.74, 6) is -1.84. The molecule has 0 unspecified atom stereocenters. The molecule has 1 N–H and O–H groups in total. The van der Waals surface area contributed by atoms with E-state index in [2.05, 4.69) is 0 Å². The van der Waals surface area contributed by atoms with E-state index in [4.69, 9.17) is 9.90 Å². The summed E-state index contributed by atoms with van der Waals surface area (Å²) in [6, 6.07) is 0. The summed E-state index contributed by atoms with van der Waals surface area (Å²) in [5.41, 5.74) is 0. The van der Waals surface area contributed by atoms with Gasteiger partial charge in [-0.2, -0.15) is 0 Å². The van der Waals surface area contributed by atoms with Crippen LogP contribution in [-0.2, 0) is 9.59 Å². The van der Waals surface area contributed by atoms with Gasteiger partial charge in [0.25, 0.3) is 5.97 Å². The van der Waals surface area contributed by atoms with Gasteiger partial charge >= 0.3 is 0 Å². The van der Waals surface area contributed by atoms with Gasteiger partial charge in [0.2, 0.25) is 0 Å². The van der Waals surface area contributed by atoms with Gasteiger partial charge < -0.3 is 24.4 Å². The highest BCUT2D eigenvalue weighted by molar-refractivity contribution is 5.65. The molecule has 6 heteroatoms. The zero-order chi connectivity index (χ0) is 13.9. The molecule has 16 heavy (non-hydrogen) atoms. The molecular weight excluding hydrogens is 212 g/mol. The minimum absolute atomic E-state index is 0.0694. The second kappa shape index (κ2) is 10.4. The van der Waals surface area contributed by atoms with Gasteiger partial charge in [-0.3, -0.25) is 4.79 Å². The first-order valence-electron chi connectivity index (χ1n) is 4.69. The lowest BCUT2D eigenvalue weighted by molar-refractivity contribution is -0.864. The first-order chi connectivity index (χ1) is 6.88. The molecule has 0 fully saturated rings. The highest BCUT2D eigenvalue weighted by Gasteiger charge is 2.04. The Hall–Kier alpha value is -1.14. The first kappa shape index (κ1) is 20.3. The maximum atomic E-state index is 9.89. The Morgan fingerprint density at radius 1 is 1.19 bits per heavy atom. The van der Waals surface area contributed by atoms with Crippen molar-refractivity contribution < 1.29 is 24.3 Å². The molecule has 0 saturated carbocycles. The molecule has 0 aliphatic carbocycles. The topological polar surface area (TPSA) is 80.7 Å². The van der Waals surface area contributed by atoms with Gasteiger partial charge in [-0.25, -0.2) is 0 Å². The van der Waals surface area contributed by atoms with Gasteiger partial charge in [0.05, 0.1) is 27.1 Å². The quantitative estimate of drug-likeness (QED) is 0.603. The molecule has 0 spiro atoms. The molecule has 0 rings (SSSR count). The normalized spacial score (nSPS) is 9.50. The lowest BCUT2D eigenvalue weighted by Crippen LogP contribution is -2.45. The van der Waals surface area contributed by atoms with E-state index in [1.54, 1.807) is 21.1 Å². The third-order valence-electron chi connectivity index (χ3n) is 0.603. The highest BCUT2D eigenvalue weighted by atomic mass is 16.4. The highest BCUT2D eigenvalue weighted by Crippen LogP contribution is 1.84. The van der Waals surface area contributed by atoms with Crippen LogP contribution in [0.25, 0.3) is 0 Å². The number of rotatable bonds is 2. The number of nitrogens with zero attached hydrogens (tertiary/aromatic N) is 2. The number of carbonyl (C=O) groups excluding carboxylic acids is 1. The predicted octanol–water partition coefficient (Wildman–Crippen LogP) is -1.29. The van der Waals surface area contributed by atoms with Crippen molar-refractivity contribution >= 4 is 11.9 Å². The Labute approximate surface area is 97.7 Å². The molecule has 0 amide bonds. The lowest BCUT2D eigenvalue weighted by atomic mass is 10.5. The van der Waals surface area contributed by atoms with E-state index in [-0.39, 0.29) is 6.54 Å². The fourth-order valence-corrected chi connectivity index (χ4v) is 0.387. The SMILES string of the molecule is CC(=O)O.CN(C)C.C[N+](C)(C)CC(=O)[O-]. The maximum Gasteiger partial charge on any atom is 0.300 e. The van der Waals surface area contributed by atoms with E-state index in [1.165, 1.54) is 0 Å².